The summed E-state index contributed by atoms with van der Waals surface area (Å²) in [5.41, 5.74) is 1.46. The molecule has 2 fully saturated rings. The van der Waals surface area contributed by atoms with E-state index in [0.717, 1.165) is 12.1 Å². The maximum absolute atomic E-state index is 12.3. The summed E-state index contributed by atoms with van der Waals surface area (Å²) in [6.07, 6.45) is 5.80. The molecule has 2 rings (SSSR count). The fourth-order valence-electron chi connectivity index (χ4n) is 2.46. The summed E-state index contributed by atoms with van der Waals surface area (Å²) in [5, 5.41) is 5.21. The average molecular weight is 319 g/mol. The minimum atomic E-state index is -0.559. The van der Waals surface area contributed by atoms with Crippen LogP contribution in [0.2, 0.25) is 0 Å². The number of rotatable bonds is 3. The molecular formula is C17H25N3O3. The number of piperidine rings is 1. The summed E-state index contributed by atoms with van der Waals surface area (Å²) in [5.74, 6) is -0.828. The number of amides is 3. The first-order valence-corrected chi connectivity index (χ1v) is 7.77. The van der Waals surface area contributed by atoms with Crippen molar-refractivity contribution in [3.63, 3.8) is 0 Å². The highest BCUT2D eigenvalue weighted by molar-refractivity contribution is 6.06. The Bertz CT molecular complexity index is 547. The minimum absolute atomic E-state index is 0.162. The van der Waals surface area contributed by atoms with E-state index in [4.69, 9.17) is 0 Å². The van der Waals surface area contributed by atoms with Crippen molar-refractivity contribution in [3.05, 3.63) is 36.0 Å². The molecule has 2 aliphatic rings. The van der Waals surface area contributed by atoms with E-state index in [1.165, 1.54) is 4.90 Å². The molecule has 1 unspecified atom stereocenters. The van der Waals surface area contributed by atoms with Gasteiger partial charge in [-0.3, -0.25) is 19.7 Å². The molecule has 6 heteroatoms. The third kappa shape index (κ3) is 4.63. The smallest absolute Gasteiger partial charge is 0.254 e. The highest BCUT2D eigenvalue weighted by Crippen LogP contribution is 2.27. The molecule has 0 bridgehead atoms. The number of nitrogens with zero attached hydrogens (tertiary/aromatic N) is 1. The molecule has 2 saturated heterocycles. The Morgan fingerprint density at radius 3 is 2.52 bits per heavy atom. The summed E-state index contributed by atoms with van der Waals surface area (Å²) in [7, 11) is 1.93. The van der Waals surface area contributed by atoms with Crippen LogP contribution < -0.4 is 10.6 Å². The van der Waals surface area contributed by atoms with Crippen molar-refractivity contribution < 1.29 is 14.4 Å². The van der Waals surface area contributed by atoms with Crippen molar-refractivity contribution in [3.8, 4) is 0 Å². The number of carbonyl (C=O) groups is 3. The first kappa shape index (κ1) is 18.8. The van der Waals surface area contributed by atoms with Gasteiger partial charge in [0.15, 0.2) is 0 Å². The van der Waals surface area contributed by atoms with Gasteiger partial charge in [-0.25, -0.2) is 0 Å². The quantitative estimate of drug-likeness (QED) is 0.599. The van der Waals surface area contributed by atoms with E-state index >= 15 is 0 Å². The van der Waals surface area contributed by atoms with Crippen molar-refractivity contribution in [2.24, 2.45) is 0 Å². The largest absolute Gasteiger partial charge is 0.322 e. The summed E-state index contributed by atoms with van der Waals surface area (Å²) in [6, 6.07) is -0.559. The van der Waals surface area contributed by atoms with E-state index in [1.807, 2.05) is 7.05 Å². The topological polar surface area (TPSA) is 78.5 Å². The van der Waals surface area contributed by atoms with E-state index < -0.39 is 6.04 Å². The Balaban J connectivity index is 0.000000593. The SMILES string of the molecule is C=C/C=C1/CN(C2CCC(=O)NC2=O)C(=O)/C1=C/C.CCNC. The Kier molecular flexibility index (Phi) is 7.41. The molecule has 2 N–H and O–H groups in total. The van der Waals surface area contributed by atoms with Gasteiger partial charge in [0.05, 0.1) is 0 Å². The van der Waals surface area contributed by atoms with Gasteiger partial charge in [0.1, 0.15) is 6.04 Å². The number of carbonyl (C=O) groups excluding carboxylic acids is 3. The summed E-state index contributed by atoms with van der Waals surface area (Å²) in [4.78, 5) is 36.7. The Hall–Kier alpha value is -2.21. The van der Waals surface area contributed by atoms with Gasteiger partial charge in [-0.2, -0.15) is 0 Å². The number of imide groups is 1. The van der Waals surface area contributed by atoms with Gasteiger partial charge in [0.2, 0.25) is 11.8 Å². The molecule has 2 aliphatic heterocycles. The maximum atomic E-state index is 12.3. The fraction of sp³-hybridized carbons (Fsp3) is 0.471. The lowest BCUT2D eigenvalue weighted by molar-refractivity contribution is -0.142. The normalized spacial score (nSPS) is 24.6. The van der Waals surface area contributed by atoms with Crippen LogP contribution in [0.25, 0.3) is 0 Å². The number of allylic oxidation sites excluding steroid dienone is 3. The van der Waals surface area contributed by atoms with Gasteiger partial charge in [-0.05, 0) is 32.5 Å². The Labute approximate surface area is 137 Å². The van der Waals surface area contributed by atoms with Crippen LogP contribution in [0, 0.1) is 0 Å². The Morgan fingerprint density at radius 1 is 1.39 bits per heavy atom. The molecule has 0 aromatic carbocycles. The summed E-state index contributed by atoms with van der Waals surface area (Å²) < 4.78 is 0. The van der Waals surface area contributed by atoms with Gasteiger partial charge in [0.25, 0.3) is 5.91 Å². The van der Waals surface area contributed by atoms with Crippen molar-refractivity contribution in [2.45, 2.75) is 32.7 Å². The van der Waals surface area contributed by atoms with E-state index in [2.05, 4.69) is 24.1 Å². The lowest BCUT2D eigenvalue weighted by Crippen LogP contribution is -2.52. The molecular weight excluding hydrogens is 294 g/mol. The second kappa shape index (κ2) is 9.05. The van der Waals surface area contributed by atoms with E-state index in [0.29, 0.717) is 18.5 Å². The lowest BCUT2D eigenvalue weighted by Gasteiger charge is -2.28. The zero-order chi connectivity index (χ0) is 17.4. The van der Waals surface area contributed by atoms with Crippen LogP contribution in [-0.4, -0.2) is 48.8 Å². The van der Waals surface area contributed by atoms with E-state index in [-0.39, 0.29) is 24.1 Å². The van der Waals surface area contributed by atoms with Crippen LogP contribution in [0.1, 0.15) is 26.7 Å². The molecule has 2 heterocycles. The lowest BCUT2D eigenvalue weighted by atomic mass is 10.0. The predicted molar refractivity (Wildman–Crippen MR) is 89.5 cm³/mol. The standard InChI is InChI=1S/C14H16N2O3.C3H9N/c1-3-5-9-8-16(14(19)10(9)4-2)11-6-7-12(17)15-13(11)18;1-3-4-2/h3-5,11H,1,6-8H2,2H3,(H,15,17,18);4H,3H2,1-2H3/b9-5-,10-4+;. The molecule has 126 valence electrons. The van der Waals surface area contributed by atoms with Crippen LogP contribution >= 0.6 is 0 Å². The summed E-state index contributed by atoms with van der Waals surface area (Å²) >= 11 is 0. The molecule has 0 radical (unpaired) electrons. The average Bonchev–Trinajstić information content (AvgIpc) is 2.84. The highest BCUT2D eigenvalue weighted by Gasteiger charge is 2.40. The maximum Gasteiger partial charge on any atom is 0.254 e. The van der Waals surface area contributed by atoms with Crippen LogP contribution in [0.15, 0.2) is 36.0 Å². The molecule has 0 aromatic heterocycles. The van der Waals surface area contributed by atoms with Gasteiger partial charge in [-0.15, -0.1) is 0 Å². The van der Waals surface area contributed by atoms with Crippen molar-refractivity contribution in [1.82, 2.24) is 15.5 Å². The number of hydrogen-bond donors (Lipinski definition) is 2. The fourth-order valence-corrected chi connectivity index (χ4v) is 2.46. The van der Waals surface area contributed by atoms with Crippen molar-refractivity contribution in [1.29, 1.82) is 0 Å². The predicted octanol–water partition coefficient (Wildman–Crippen LogP) is 0.918. The molecule has 6 nitrogen and oxygen atoms in total. The second-order valence-corrected chi connectivity index (χ2v) is 5.24. The van der Waals surface area contributed by atoms with Gasteiger partial charge in [-0.1, -0.05) is 31.7 Å². The van der Waals surface area contributed by atoms with E-state index in [1.54, 1.807) is 25.2 Å². The highest BCUT2D eigenvalue weighted by atomic mass is 16.2. The monoisotopic (exact) mass is 319 g/mol. The van der Waals surface area contributed by atoms with Gasteiger partial charge in [0, 0.05) is 18.5 Å². The number of hydrogen-bond acceptors (Lipinski definition) is 4. The van der Waals surface area contributed by atoms with Crippen molar-refractivity contribution >= 4 is 17.7 Å². The zero-order valence-electron chi connectivity index (χ0n) is 14.0. The second-order valence-electron chi connectivity index (χ2n) is 5.24. The third-order valence-corrected chi connectivity index (χ3v) is 3.73. The van der Waals surface area contributed by atoms with Crippen LogP contribution in [0.4, 0.5) is 0 Å². The van der Waals surface area contributed by atoms with Crippen LogP contribution in [-0.2, 0) is 14.4 Å². The molecule has 0 aliphatic carbocycles. The van der Waals surface area contributed by atoms with Crippen molar-refractivity contribution in [2.75, 3.05) is 20.1 Å². The third-order valence-electron chi connectivity index (χ3n) is 3.73. The first-order chi connectivity index (χ1) is 11.0. The molecule has 0 aromatic rings. The van der Waals surface area contributed by atoms with Crippen LogP contribution in [0.5, 0.6) is 0 Å². The molecule has 0 saturated carbocycles. The van der Waals surface area contributed by atoms with Crippen LogP contribution in [0.3, 0.4) is 0 Å². The molecule has 3 amide bonds. The number of nitrogens with one attached hydrogen (secondary N) is 2. The first-order valence-electron chi connectivity index (χ1n) is 7.77. The Morgan fingerprint density at radius 2 is 2.04 bits per heavy atom. The van der Waals surface area contributed by atoms with Gasteiger partial charge >= 0.3 is 0 Å². The molecule has 23 heavy (non-hydrogen) atoms. The van der Waals surface area contributed by atoms with Gasteiger partial charge < -0.3 is 10.2 Å². The number of likely N-dealkylation sites (tertiary alicyclic amines) is 1. The molecule has 1 atom stereocenters. The molecule has 0 spiro atoms. The zero-order valence-corrected chi connectivity index (χ0v) is 14.0. The minimum Gasteiger partial charge on any atom is -0.322 e. The summed E-state index contributed by atoms with van der Waals surface area (Å²) in [6.45, 7) is 8.94. The van der Waals surface area contributed by atoms with E-state index in [9.17, 15) is 14.4 Å².